The standard InChI is InChI=1S/C18H18BCl2FN2O3/c1-9(15-12(20)5-6-13(22)16(15)21)25-14-7-11(8-24-17(14)23)19-26-10(2)18(3,4)27-19/h5-9H,2H2,1,3-4H3,(H2,23,24). The first-order valence-electron chi connectivity index (χ1n) is 8.19. The minimum atomic E-state index is -0.681. The van der Waals surface area contributed by atoms with Crippen LogP contribution in [0.3, 0.4) is 0 Å². The molecule has 1 atom stereocenters. The van der Waals surface area contributed by atoms with Crippen molar-refractivity contribution in [2.45, 2.75) is 32.5 Å². The molecule has 27 heavy (non-hydrogen) atoms. The van der Waals surface area contributed by atoms with E-state index in [0.717, 1.165) is 0 Å². The summed E-state index contributed by atoms with van der Waals surface area (Å²) in [6, 6.07) is 4.27. The number of rotatable bonds is 4. The maximum absolute atomic E-state index is 13.8. The molecule has 2 aromatic rings. The lowest BCUT2D eigenvalue weighted by Crippen LogP contribution is -2.35. The van der Waals surface area contributed by atoms with Crippen LogP contribution in [0, 0.1) is 5.82 Å². The number of anilines is 1. The molecule has 0 radical (unpaired) electrons. The van der Waals surface area contributed by atoms with E-state index in [0.29, 0.717) is 16.8 Å². The number of halogens is 3. The molecule has 0 aliphatic carbocycles. The third-order valence-corrected chi connectivity index (χ3v) is 5.00. The lowest BCUT2D eigenvalue weighted by Gasteiger charge is -2.19. The first-order chi connectivity index (χ1) is 12.6. The molecule has 0 amide bonds. The number of benzene rings is 1. The van der Waals surface area contributed by atoms with Crippen LogP contribution in [0.4, 0.5) is 10.2 Å². The fourth-order valence-corrected chi connectivity index (χ4v) is 3.30. The quantitative estimate of drug-likeness (QED) is 0.601. The number of nitrogens with two attached hydrogens (primary N) is 1. The number of ether oxygens (including phenoxy) is 1. The summed E-state index contributed by atoms with van der Waals surface area (Å²) in [5.41, 5.74) is 6.23. The Morgan fingerprint density at radius 2 is 2.07 bits per heavy atom. The van der Waals surface area contributed by atoms with Gasteiger partial charge in [-0.2, -0.15) is 0 Å². The van der Waals surface area contributed by atoms with Gasteiger partial charge in [-0.15, -0.1) is 0 Å². The van der Waals surface area contributed by atoms with Crippen molar-refractivity contribution in [3.63, 3.8) is 0 Å². The first kappa shape index (κ1) is 19.8. The highest BCUT2D eigenvalue weighted by atomic mass is 35.5. The third-order valence-electron chi connectivity index (χ3n) is 4.29. The Bertz CT molecular complexity index is 910. The van der Waals surface area contributed by atoms with E-state index in [1.807, 2.05) is 13.8 Å². The van der Waals surface area contributed by atoms with Gasteiger partial charge in [0, 0.05) is 22.2 Å². The number of nitrogens with zero attached hydrogens (tertiary/aromatic N) is 1. The summed E-state index contributed by atoms with van der Waals surface area (Å²) in [4.78, 5) is 4.13. The number of hydrogen-bond acceptors (Lipinski definition) is 5. The highest BCUT2D eigenvalue weighted by Gasteiger charge is 2.43. The highest BCUT2D eigenvalue weighted by Crippen LogP contribution is 2.36. The average molecular weight is 411 g/mol. The van der Waals surface area contributed by atoms with Crippen molar-refractivity contribution in [2.24, 2.45) is 0 Å². The van der Waals surface area contributed by atoms with Crippen LogP contribution < -0.4 is 15.9 Å². The number of pyridine rings is 1. The van der Waals surface area contributed by atoms with Gasteiger partial charge in [0.15, 0.2) is 11.6 Å². The molecule has 0 saturated carbocycles. The Labute approximate surface area is 167 Å². The van der Waals surface area contributed by atoms with Crippen molar-refractivity contribution in [3.8, 4) is 5.75 Å². The monoisotopic (exact) mass is 410 g/mol. The Balaban J connectivity index is 1.88. The normalized spacial score (nSPS) is 17.0. The molecule has 2 heterocycles. The van der Waals surface area contributed by atoms with Crippen LogP contribution in [-0.2, 0) is 9.31 Å². The molecule has 1 saturated heterocycles. The zero-order valence-corrected chi connectivity index (χ0v) is 16.6. The van der Waals surface area contributed by atoms with Crippen molar-refractivity contribution in [1.82, 2.24) is 4.98 Å². The van der Waals surface area contributed by atoms with Gasteiger partial charge >= 0.3 is 7.12 Å². The summed E-state index contributed by atoms with van der Waals surface area (Å²) in [6.07, 6.45) is 0.866. The smallest absolute Gasteiger partial charge is 0.534 e. The minimum Gasteiger partial charge on any atom is -0.534 e. The molecule has 9 heteroatoms. The van der Waals surface area contributed by atoms with Crippen LogP contribution in [0.5, 0.6) is 5.75 Å². The van der Waals surface area contributed by atoms with Crippen molar-refractivity contribution in [3.05, 3.63) is 58.2 Å². The van der Waals surface area contributed by atoms with Crippen LogP contribution >= 0.6 is 23.2 Å². The lowest BCUT2D eigenvalue weighted by molar-refractivity contribution is 0.173. The molecule has 1 aliphatic heterocycles. The summed E-state index contributed by atoms with van der Waals surface area (Å²) >= 11 is 12.2. The SMILES string of the molecule is C=C1OB(c2cnc(N)c(OC(C)c3c(Cl)ccc(F)c3Cl)c2)OC1(C)C. The van der Waals surface area contributed by atoms with E-state index in [9.17, 15) is 4.39 Å². The fraction of sp³-hybridized carbons (Fsp3) is 0.278. The van der Waals surface area contributed by atoms with Gasteiger partial charge < -0.3 is 19.8 Å². The molecule has 2 N–H and O–H groups in total. The highest BCUT2D eigenvalue weighted by molar-refractivity contribution is 6.62. The van der Waals surface area contributed by atoms with Gasteiger partial charge in [0.1, 0.15) is 17.5 Å². The van der Waals surface area contributed by atoms with Crippen molar-refractivity contribution in [2.75, 3.05) is 5.73 Å². The second kappa shape index (κ2) is 7.22. The third kappa shape index (κ3) is 3.86. The van der Waals surface area contributed by atoms with E-state index in [1.165, 1.54) is 18.3 Å². The zero-order chi connectivity index (χ0) is 19.9. The molecule has 1 aromatic carbocycles. The van der Waals surface area contributed by atoms with Gasteiger partial charge in [-0.05, 0) is 39.0 Å². The maximum Gasteiger partial charge on any atom is 0.565 e. The van der Waals surface area contributed by atoms with Gasteiger partial charge in [-0.3, -0.25) is 0 Å². The van der Waals surface area contributed by atoms with E-state index < -0.39 is 24.6 Å². The predicted octanol–water partition coefficient (Wildman–Crippen LogP) is 4.28. The van der Waals surface area contributed by atoms with Gasteiger partial charge in [0.25, 0.3) is 0 Å². The predicted molar refractivity (Wildman–Crippen MR) is 105 cm³/mol. The van der Waals surface area contributed by atoms with E-state index in [4.69, 9.17) is 43.0 Å². The Kier molecular flexibility index (Phi) is 5.30. The van der Waals surface area contributed by atoms with E-state index in [1.54, 1.807) is 13.0 Å². The van der Waals surface area contributed by atoms with Gasteiger partial charge in [-0.25, -0.2) is 9.37 Å². The molecule has 0 bridgehead atoms. The van der Waals surface area contributed by atoms with E-state index in [2.05, 4.69) is 11.6 Å². The molecule has 1 unspecified atom stereocenters. The average Bonchev–Trinajstić information content (AvgIpc) is 2.86. The molecule has 1 aliphatic rings. The Morgan fingerprint density at radius 1 is 1.37 bits per heavy atom. The number of aromatic nitrogens is 1. The molecule has 5 nitrogen and oxygen atoms in total. The molecule has 0 spiro atoms. The summed E-state index contributed by atoms with van der Waals surface area (Å²) in [6.45, 7) is 9.25. The lowest BCUT2D eigenvalue weighted by atomic mass is 9.80. The van der Waals surface area contributed by atoms with E-state index >= 15 is 0 Å². The van der Waals surface area contributed by atoms with Gasteiger partial charge in [0.2, 0.25) is 0 Å². The molecular weight excluding hydrogens is 393 g/mol. The number of hydrogen-bond donors (Lipinski definition) is 1. The molecular formula is C18H18BCl2FN2O3. The first-order valence-corrected chi connectivity index (χ1v) is 8.95. The minimum absolute atomic E-state index is 0.0989. The fourth-order valence-electron chi connectivity index (χ4n) is 2.62. The number of nitrogen functional groups attached to an aromatic ring is 1. The van der Waals surface area contributed by atoms with Crippen molar-refractivity contribution >= 4 is 41.6 Å². The van der Waals surface area contributed by atoms with Crippen molar-refractivity contribution in [1.29, 1.82) is 0 Å². The summed E-state index contributed by atoms with van der Waals surface area (Å²) in [5.74, 6) is 0.364. The summed E-state index contributed by atoms with van der Waals surface area (Å²) < 4.78 is 31.2. The Morgan fingerprint density at radius 3 is 2.70 bits per heavy atom. The largest absolute Gasteiger partial charge is 0.565 e. The van der Waals surface area contributed by atoms with Crippen LogP contribution in [0.2, 0.25) is 10.0 Å². The van der Waals surface area contributed by atoms with Gasteiger partial charge in [-0.1, -0.05) is 29.8 Å². The second-order valence-corrected chi connectivity index (χ2v) is 7.46. The summed E-state index contributed by atoms with van der Waals surface area (Å²) in [5, 5.41) is 0.190. The Hall–Kier alpha value is -1.96. The second-order valence-electron chi connectivity index (χ2n) is 6.67. The van der Waals surface area contributed by atoms with Crippen LogP contribution in [0.15, 0.2) is 36.7 Å². The van der Waals surface area contributed by atoms with Crippen molar-refractivity contribution < 1.29 is 18.4 Å². The van der Waals surface area contributed by atoms with Gasteiger partial charge in [0.05, 0.1) is 10.8 Å². The molecule has 1 aromatic heterocycles. The van der Waals surface area contributed by atoms with Crippen LogP contribution in [0.25, 0.3) is 0 Å². The zero-order valence-electron chi connectivity index (χ0n) is 15.1. The van der Waals surface area contributed by atoms with Crippen LogP contribution in [-0.4, -0.2) is 17.7 Å². The maximum atomic E-state index is 13.8. The van der Waals surface area contributed by atoms with E-state index in [-0.39, 0.29) is 21.6 Å². The molecule has 3 rings (SSSR count). The molecule has 142 valence electrons. The molecule has 1 fully saturated rings. The summed E-state index contributed by atoms with van der Waals surface area (Å²) in [7, 11) is -0.681. The van der Waals surface area contributed by atoms with Crippen LogP contribution in [0.1, 0.15) is 32.4 Å². The topological polar surface area (TPSA) is 66.6 Å².